The Morgan fingerprint density at radius 2 is 2.00 bits per heavy atom. The molecule has 0 spiro atoms. The van der Waals surface area contributed by atoms with Crippen molar-refractivity contribution in [2.24, 2.45) is 29.1 Å². The molecule has 2 heterocycles. The van der Waals surface area contributed by atoms with E-state index in [4.69, 9.17) is 0 Å². The molecule has 1 aromatic heterocycles. The van der Waals surface area contributed by atoms with Crippen LogP contribution in [-0.4, -0.2) is 22.3 Å². The molecule has 0 N–H and O–H groups in total. The van der Waals surface area contributed by atoms with E-state index in [1.807, 2.05) is 4.90 Å². The normalized spacial score (nSPS) is 33.9. The third-order valence-corrected chi connectivity index (χ3v) is 9.75. The minimum Gasteiger partial charge on any atom is -0.337 e. The highest BCUT2D eigenvalue weighted by Gasteiger charge is 2.57. The maximum atomic E-state index is 14.0. The van der Waals surface area contributed by atoms with Crippen molar-refractivity contribution >= 4 is 5.91 Å². The molecule has 0 radical (unpaired) electrons. The van der Waals surface area contributed by atoms with Gasteiger partial charge in [0.15, 0.2) is 0 Å². The average Bonchev–Trinajstić information content (AvgIpc) is 3.29. The lowest BCUT2D eigenvalue weighted by Crippen LogP contribution is -2.46. The summed E-state index contributed by atoms with van der Waals surface area (Å²) in [7, 11) is 0. The smallest absolute Gasteiger partial charge is 0.337 e. The van der Waals surface area contributed by atoms with E-state index in [9.17, 15) is 18.0 Å². The lowest BCUT2D eigenvalue weighted by Gasteiger charge is -2.37. The van der Waals surface area contributed by atoms with Crippen LogP contribution in [0.1, 0.15) is 101 Å². The molecule has 1 aliphatic heterocycles. The first-order valence-electron chi connectivity index (χ1n) is 13.6. The fourth-order valence-electron chi connectivity index (χ4n) is 8.05. The van der Waals surface area contributed by atoms with Crippen molar-refractivity contribution in [3.63, 3.8) is 0 Å². The van der Waals surface area contributed by atoms with Crippen LogP contribution in [-0.2, 0) is 23.9 Å². The number of alkyl halides is 3. The van der Waals surface area contributed by atoms with Crippen molar-refractivity contribution in [3.05, 3.63) is 29.1 Å². The van der Waals surface area contributed by atoms with Crippen LogP contribution < -0.4 is 0 Å². The van der Waals surface area contributed by atoms with Crippen molar-refractivity contribution in [2.75, 3.05) is 6.54 Å². The van der Waals surface area contributed by atoms with Crippen LogP contribution >= 0.6 is 0 Å². The molecule has 0 bridgehead atoms. The SMILES string of the molecule is CCCC1CCC[C@H](C2C[C@H]3CCC[C@@]3(C(=O)N3CCc4ncc(C(F)(F)F)cc4C3)C2)CC1. The van der Waals surface area contributed by atoms with Gasteiger partial charge in [0, 0.05) is 31.4 Å². The molecule has 3 nitrogen and oxygen atoms in total. The van der Waals surface area contributed by atoms with Crippen LogP contribution in [0, 0.1) is 29.1 Å². The van der Waals surface area contributed by atoms with Gasteiger partial charge >= 0.3 is 6.18 Å². The Morgan fingerprint density at radius 1 is 1.15 bits per heavy atom. The fraction of sp³-hybridized carbons (Fsp3) is 0.786. The molecular formula is C28H39F3N2O. The van der Waals surface area contributed by atoms with Gasteiger partial charge in [-0.05, 0) is 67.4 Å². The van der Waals surface area contributed by atoms with Crippen molar-refractivity contribution in [3.8, 4) is 0 Å². The van der Waals surface area contributed by atoms with Gasteiger partial charge in [0.05, 0.1) is 11.0 Å². The van der Waals surface area contributed by atoms with Gasteiger partial charge in [0.1, 0.15) is 0 Å². The van der Waals surface area contributed by atoms with Crippen LogP contribution in [0.4, 0.5) is 13.2 Å². The molecule has 3 saturated carbocycles. The van der Waals surface area contributed by atoms with Crippen LogP contribution in [0.25, 0.3) is 0 Å². The number of nitrogens with zero attached hydrogens (tertiary/aromatic N) is 2. The van der Waals surface area contributed by atoms with Crippen molar-refractivity contribution in [1.82, 2.24) is 9.88 Å². The first kappa shape index (κ1) is 24.1. The summed E-state index contributed by atoms with van der Waals surface area (Å²) in [6.07, 6.45) is 11.8. The molecule has 5 rings (SSSR count). The van der Waals surface area contributed by atoms with Gasteiger partial charge in [-0.3, -0.25) is 9.78 Å². The maximum Gasteiger partial charge on any atom is 0.417 e. The molecule has 3 aliphatic carbocycles. The number of rotatable bonds is 4. The van der Waals surface area contributed by atoms with E-state index in [1.54, 1.807) is 0 Å². The fourth-order valence-corrected chi connectivity index (χ4v) is 8.05. The lowest BCUT2D eigenvalue weighted by molar-refractivity contribution is -0.144. The summed E-state index contributed by atoms with van der Waals surface area (Å²) in [5, 5.41) is 0. The Bertz CT molecular complexity index is 900. The van der Waals surface area contributed by atoms with Crippen molar-refractivity contribution in [2.45, 2.75) is 103 Å². The second-order valence-electron chi connectivity index (χ2n) is 11.7. The quantitative estimate of drug-likeness (QED) is 0.431. The first-order chi connectivity index (χ1) is 16.3. The summed E-state index contributed by atoms with van der Waals surface area (Å²) >= 11 is 0. The van der Waals surface area contributed by atoms with E-state index in [1.165, 1.54) is 57.4 Å². The van der Waals surface area contributed by atoms with E-state index in [-0.39, 0.29) is 17.9 Å². The largest absolute Gasteiger partial charge is 0.417 e. The molecule has 3 fully saturated rings. The van der Waals surface area contributed by atoms with E-state index < -0.39 is 11.7 Å². The monoisotopic (exact) mass is 476 g/mol. The van der Waals surface area contributed by atoms with Crippen molar-refractivity contribution in [1.29, 1.82) is 0 Å². The number of hydrogen-bond donors (Lipinski definition) is 0. The summed E-state index contributed by atoms with van der Waals surface area (Å²) in [6, 6.07) is 1.21. The number of carbonyl (C=O) groups is 1. The number of pyridine rings is 1. The number of carbonyl (C=O) groups excluding carboxylic acids is 1. The number of aromatic nitrogens is 1. The molecule has 0 saturated heterocycles. The van der Waals surface area contributed by atoms with Crippen LogP contribution in [0.3, 0.4) is 0 Å². The number of halogens is 3. The highest BCUT2D eigenvalue weighted by molar-refractivity contribution is 5.84. The molecule has 4 aliphatic rings. The predicted octanol–water partition coefficient (Wildman–Crippen LogP) is 7.18. The molecule has 2 unspecified atom stereocenters. The third-order valence-electron chi connectivity index (χ3n) is 9.75. The zero-order valence-corrected chi connectivity index (χ0v) is 20.5. The van der Waals surface area contributed by atoms with Crippen molar-refractivity contribution < 1.29 is 18.0 Å². The average molecular weight is 477 g/mol. The van der Waals surface area contributed by atoms with Gasteiger partial charge < -0.3 is 4.90 Å². The summed E-state index contributed by atoms with van der Waals surface area (Å²) < 4.78 is 39.7. The van der Waals surface area contributed by atoms with Gasteiger partial charge in [0.2, 0.25) is 5.91 Å². The van der Waals surface area contributed by atoms with E-state index >= 15 is 0 Å². The van der Waals surface area contributed by atoms with Gasteiger partial charge in [-0.15, -0.1) is 0 Å². The molecule has 188 valence electrons. The third kappa shape index (κ3) is 4.51. The second kappa shape index (κ2) is 9.46. The Hall–Kier alpha value is -1.59. The topological polar surface area (TPSA) is 33.2 Å². The first-order valence-corrected chi connectivity index (χ1v) is 13.6. The Labute approximate surface area is 201 Å². The maximum absolute atomic E-state index is 14.0. The highest BCUT2D eigenvalue weighted by Crippen LogP contribution is 2.60. The van der Waals surface area contributed by atoms with Crippen LogP contribution in [0.15, 0.2) is 12.3 Å². The zero-order valence-electron chi connectivity index (χ0n) is 20.5. The molecule has 1 amide bonds. The van der Waals surface area contributed by atoms with Gasteiger partial charge in [-0.1, -0.05) is 51.9 Å². The summed E-state index contributed by atoms with van der Waals surface area (Å²) in [5.74, 6) is 2.96. The minimum absolute atomic E-state index is 0.220. The molecule has 34 heavy (non-hydrogen) atoms. The van der Waals surface area contributed by atoms with Gasteiger partial charge in [0.25, 0.3) is 0 Å². The summed E-state index contributed by atoms with van der Waals surface area (Å²) in [4.78, 5) is 20.0. The summed E-state index contributed by atoms with van der Waals surface area (Å²) in [6.45, 7) is 3.13. The van der Waals surface area contributed by atoms with Gasteiger partial charge in [-0.25, -0.2) is 0 Å². The Balaban J connectivity index is 1.30. The Morgan fingerprint density at radius 3 is 2.79 bits per heavy atom. The molecular weight excluding hydrogens is 437 g/mol. The highest BCUT2D eigenvalue weighted by atomic mass is 19.4. The van der Waals surface area contributed by atoms with E-state index in [0.717, 1.165) is 43.7 Å². The molecule has 1 aromatic rings. The Kier molecular flexibility index (Phi) is 6.71. The van der Waals surface area contributed by atoms with Crippen LogP contribution in [0.5, 0.6) is 0 Å². The number of fused-ring (bicyclic) bond motifs is 2. The molecule has 5 atom stereocenters. The van der Waals surface area contributed by atoms with Crippen LogP contribution in [0.2, 0.25) is 0 Å². The minimum atomic E-state index is -4.41. The second-order valence-corrected chi connectivity index (χ2v) is 11.7. The molecule has 6 heteroatoms. The zero-order chi connectivity index (χ0) is 23.9. The van der Waals surface area contributed by atoms with Gasteiger partial charge in [-0.2, -0.15) is 13.2 Å². The summed E-state index contributed by atoms with van der Waals surface area (Å²) in [5.41, 5.74) is 0.294. The standard InChI is InChI=1S/C28H39F3N2O/c1-2-5-19-6-3-7-20(10-9-19)21-14-23-8-4-12-27(23,16-21)26(34)33-13-11-25-22(18-33)15-24(17-32-25)28(29,30)31/h15,17,19-21,23H,2-14,16,18H2,1H3/t19?,20-,21?,23+,27+/m0/s1. The molecule has 0 aromatic carbocycles. The predicted molar refractivity (Wildman–Crippen MR) is 126 cm³/mol. The van der Waals surface area contributed by atoms with E-state index in [2.05, 4.69) is 11.9 Å². The lowest BCUT2D eigenvalue weighted by atomic mass is 9.76. The number of hydrogen-bond acceptors (Lipinski definition) is 2. The van der Waals surface area contributed by atoms with E-state index in [0.29, 0.717) is 36.1 Å². The number of amides is 1.